The van der Waals surface area contributed by atoms with Crippen molar-refractivity contribution in [1.82, 2.24) is 9.78 Å². The van der Waals surface area contributed by atoms with Crippen molar-refractivity contribution < 1.29 is 9.47 Å². The second-order valence-corrected chi connectivity index (χ2v) is 4.98. The first-order valence-corrected chi connectivity index (χ1v) is 6.49. The third-order valence-corrected chi connectivity index (χ3v) is 3.81. The molecule has 0 aliphatic rings. The van der Waals surface area contributed by atoms with Crippen LogP contribution in [0.3, 0.4) is 0 Å². The van der Waals surface area contributed by atoms with Crippen LogP contribution in [0.25, 0.3) is 11.1 Å². The van der Waals surface area contributed by atoms with Gasteiger partial charge in [-0.15, -0.1) is 0 Å². The highest BCUT2D eigenvalue weighted by Gasteiger charge is 2.20. The number of hydrogen-bond acceptors (Lipinski definition) is 4. The molecule has 0 aliphatic heterocycles. The molecular formula is C13H16BrN3O2. The summed E-state index contributed by atoms with van der Waals surface area (Å²) in [7, 11) is 5.06. The number of aryl methyl sites for hydroxylation is 2. The quantitative estimate of drug-likeness (QED) is 0.942. The van der Waals surface area contributed by atoms with Gasteiger partial charge in [-0.25, -0.2) is 0 Å². The molecule has 0 atom stereocenters. The van der Waals surface area contributed by atoms with Gasteiger partial charge in [0, 0.05) is 18.2 Å². The summed E-state index contributed by atoms with van der Waals surface area (Å²) in [6.07, 6.45) is 1.72. The van der Waals surface area contributed by atoms with Crippen molar-refractivity contribution >= 4 is 21.7 Å². The van der Waals surface area contributed by atoms with Gasteiger partial charge in [0.2, 0.25) is 0 Å². The molecule has 102 valence electrons. The van der Waals surface area contributed by atoms with Gasteiger partial charge in [0.1, 0.15) is 17.3 Å². The number of anilines is 1. The number of methoxy groups -OCH3 is 2. The highest BCUT2D eigenvalue weighted by Crippen LogP contribution is 2.45. The van der Waals surface area contributed by atoms with Crippen LogP contribution in [-0.4, -0.2) is 24.0 Å². The Bertz CT molecular complexity index is 623. The third-order valence-electron chi connectivity index (χ3n) is 3.05. The van der Waals surface area contributed by atoms with Gasteiger partial charge in [-0.1, -0.05) is 0 Å². The fourth-order valence-electron chi connectivity index (χ4n) is 2.03. The molecule has 2 rings (SSSR count). The van der Waals surface area contributed by atoms with E-state index in [-0.39, 0.29) is 0 Å². The number of halogens is 1. The number of aromatic nitrogens is 2. The van der Waals surface area contributed by atoms with Crippen molar-refractivity contribution in [2.24, 2.45) is 7.05 Å². The minimum Gasteiger partial charge on any atom is -0.496 e. The van der Waals surface area contributed by atoms with Gasteiger partial charge in [0.15, 0.2) is 0 Å². The summed E-state index contributed by atoms with van der Waals surface area (Å²) in [5, 5.41) is 4.16. The summed E-state index contributed by atoms with van der Waals surface area (Å²) in [5.74, 6) is 2.06. The molecule has 0 fully saturated rings. The van der Waals surface area contributed by atoms with E-state index in [2.05, 4.69) is 21.0 Å². The zero-order valence-electron chi connectivity index (χ0n) is 11.3. The molecule has 0 aliphatic carbocycles. The minimum atomic E-state index is 0.574. The highest BCUT2D eigenvalue weighted by molar-refractivity contribution is 9.10. The monoisotopic (exact) mass is 325 g/mol. The van der Waals surface area contributed by atoms with Gasteiger partial charge < -0.3 is 15.2 Å². The van der Waals surface area contributed by atoms with Crippen molar-refractivity contribution in [2.75, 3.05) is 20.0 Å². The van der Waals surface area contributed by atoms with Crippen LogP contribution in [0, 0.1) is 6.92 Å². The topological polar surface area (TPSA) is 62.3 Å². The normalized spacial score (nSPS) is 10.6. The van der Waals surface area contributed by atoms with E-state index >= 15 is 0 Å². The van der Waals surface area contributed by atoms with Crippen LogP contribution in [0.2, 0.25) is 0 Å². The summed E-state index contributed by atoms with van der Waals surface area (Å²) < 4.78 is 13.3. The third kappa shape index (κ3) is 2.16. The number of ether oxygens (including phenoxy) is 2. The van der Waals surface area contributed by atoms with E-state index in [1.54, 1.807) is 32.1 Å². The first-order chi connectivity index (χ1) is 9.01. The SMILES string of the molecule is COc1cc(C)c(OC)c(Br)c1-c1cnn(C)c1N. The van der Waals surface area contributed by atoms with E-state index in [1.807, 2.05) is 13.0 Å². The van der Waals surface area contributed by atoms with Crippen LogP contribution in [0.4, 0.5) is 5.82 Å². The van der Waals surface area contributed by atoms with Crippen molar-refractivity contribution in [1.29, 1.82) is 0 Å². The van der Waals surface area contributed by atoms with Crippen molar-refractivity contribution in [3.05, 3.63) is 22.3 Å². The number of nitrogen functional groups attached to an aromatic ring is 1. The summed E-state index contributed by atoms with van der Waals surface area (Å²) in [5.41, 5.74) is 8.68. The van der Waals surface area contributed by atoms with Gasteiger partial charge in [-0.2, -0.15) is 5.10 Å². The van der Waals surface area contributed by atoms with E-state index in [0.29, 0.717) is 5.82 Å². The molecule has 1 aromatic heterocycles. The zero-order chi connectivity index (χ0) is 14.2. The van der Waals surface area contributed by atoms with E-state index in [0.717, 1.165) is 32.7 Å². The molecule has 6 heteroatoms. The Morgan fingerprint density at radius 2 is 2.00 bits per heavy atom. The van der Waals surface area contributed by atoms with Gasteiger partial charge in [0.05, 0.1) is 24.9 Å². The number of benzene rings is 1. The first kappa shape index (κ1) is 13.7. The second kappa shape index (κ2) is 5.13. The van der Waals surface area contributed by atoms with Crippen LogP contribution in [-0.2, 0) is 7.05 Å². The van der Waals surface area contributed by atoms with E-state index in [4.69, 9.17) is 15.2 Å². The molecule has 2 aromatic rings. The molecule has 1 heterocycles. The highest BCUT2D eigenvalue weighted by atomic mass is 79.9. The van der Waals surface area contributed by atoms with Gasteiger partial charge in [-0.05, 0) is 34.5 Å². The molecule has 0 radical (unpaired) electrons. The average Bonchev–Trinajstić information content (AvgIpc) is 2.70. The van der Waals surface area contributed by atoms with Crippen molar-refractivity contribution in [3.8, 4) is 22.6 Å². The van der Waals surface area contributed by atoms with Crippen LogP contribution < -0.4 is 15.2 Å². The average molecular weight is 326 g/mol. The molecule has 1 aromatic carbocycles. The van der Waals surface area contributed by atoms with Gasteiger partial charge in [-0.3, -0.25) is 4.68 Å². The van der Waals surface area contributed by atoms with Crippen LogP contribution >= 0.6 is 15.9 Å². The zero-order valence-corrected chi connectivity index (χ0v) is 12.9. The molecule has 0 saturated heterocycles. The first-order valence-electron chi connectivity index (χ1n) is 5.70. The Balaban J connectivity index is 2.78. The lowest BCUT2D eigenvalue weighted by atomic mass is 10.0. The largest absolute Gasteiger partial charge is 0.496 e. The fourth-order valence-corrected chi connectivity index (χ4v) is 2.91. The minimum absolute atomic E-state index is 0.574. The maximum atomic E-state index is 6.04. The Kier molecular flexibility index (Phi) is 3.71. The summed E-state index contributed by atoms with van der Waals surface area (Å²) >= 11 is 3.57. The Labute approximate surface area is 120 Å². The molecule has 19 heavy (non-hydrogen) atoms. The van der Waals surface area contributed by atoms with Crippen molar-refractivity contribution in [3.63, 3.8) is 0 Å². The molecule has 0 saturated carbocycles. The lowest BCUT2D eigenvalue weighted by Crippen LogP contribution is -2.00. The maximum absolute atomic E-state index is 6.04. The summed E-state index contributed by atoms with van der Waals surface area (Å²) in [4.78, 5) is 0. The molecule has 0 amide bonds. The molecule has 5 nitrogen and oxygen atoms in total. The van der Waals surface area contributed by atoms with E-state index < -0.39 is 0 Å². The number of nitrogens with two attached hydrogens (primary N) is 1. The molecule has 2 N–H and O–H groups in total. The van der Waals surface area contributed by atoms with Gasteiger partial charge >= 0.3 is 0 Å². The van der Waals surface area contributed by atoms with E-state index in [1.165, 1.54) is 0 Å². The Morgan fingerprint density at radius 1 is 1.32 bits per heavy atom. The van der Waals surface area contributed by atoms with Crippen LogP contribution in [0.15, 0.2) is 16.7 Å². The standard InChI is InChI=1S/C13H16BrN3O2/c1-7-5-9(18-3)10(11(14)12(7)19-4)8-6-16-17(2)13(8)15/h5-6H,15H2,1-4H3. The van der Waals surface area contributed by atoms with Crippen LogP contribution in [0.1, 0.15) is 5.56 Å². The van der Waals surface area contributed by atoms with E-state index in [9.17, 15) is 0 Å². The van der Waals surface area contributed by atoms with Gasteiger partial charge in [0.25, 0.3) is 0 Å². The molecule has 0 spiro atoms. The summed E-state index contributed by atoms with van der Waals surface area (Å²) in [6.45, 7) is 1.96. The molecular weight excluding hydrogens is 310 g/mol. The number of nitrogens with zero attached hydrogens (tertiary/aromatic N) is 2. The summed E-state index contributed by atoms with van der Waals surface area (Å²) in [6, 6.07) is 1.92. The van der Waals surface area contributed by atoms with Crippen LogP contribution in [0.5, 0.6) is 11.5 Å². The smallest absolute Gasteiger partial charge is 0.136 e. The molecule has 0 bridgehead atoms. The fraction of sp³-hybridized carbons (Fsp3) is 0.308. The maximum Gasteiger partial charge on any atom is 0.136 e. The Hall–Kier alpha value is -1.69. The predicted octanol–water partition coefficient (Wildman–Crippen LogP) is 2.76. The Morgan fingerprint density at radius 3 is 2.47 bits per heavy atom. The lowest BCUT2D eigenvalue weighted by molar-refractivity contribution is 0.399. The lowest BCUT2D eigenvalue weighted by Gasteiger charge is -2.15. The number of hydrogen-bond donors (Lipinski definition) is 1. The number of rotatable bonds is 3. The predicted molar refractivity (Wildman–Crippen MR) is 78.6 cm³/mol. The van der Waals surface area contributed by atoms with Crippen molar-refractivity contribution in [2.45, 2.75) is 6.92 Å². The second-order valence-electron chi connectivity index (χ2n) is 4.19. The molecule has 0 unspecified atom stereocenters.